The first kappa shape index (κ1) is 15.9. The highest BCUT2D eigenvalue weighted by atomic mass is 32.2. The first-order valence-corrected chi connectivity index (χ1v) is 9.31. The van der Waals surface area contributed by atoms with Crippen molar-refractivity contribution >= 4 is 10.0 Å². The molecule has 0 spiro atoms. The second-order valence-electron chi connectivity index (χ2n) is 6.68. The lowest BCUT2D eigenvalue weighted by atomic mass is 10.1. The van der Waals surface area contributed by atoms with Gasteiger partial charge in [0, 0.05) is 25.2 Å². The third-order valence-corrected chi connectivity index (χ3v) is 6.17. The largest absolute Gasteiger partial charge is 0.372 e. The topological polar surface area (TPSA) is 58.6 Å². The van der Waals surface area contributed by atoms with E-state index in [2.05, 4.69) is 30.4 Å². The van der Waals surface area contributed by atoms with Crippen LogP contribution in [0.3, 0.4) is 0 Å². The zero-order valence-corrected chi connectivity index (χ0v) is 14.2. The smallest absolute Gasteiger partial charge is 0.240 e. The summed E-state index contributed by atoms with van der Waals surface area (Å²) < 4.78 is 33.5. The van der Waals surface area contributed by atoms with E-state index >= 15 is 0 Å². The molecule has 0 saturated carbocycles. The molecule has 1 N–H and O–H groups in total. The van der Waals surface area contributed by atoms with Gasteiger partial charge >= 0.3 is 0 Å². The summed E-state index contributed by atoms with van der Waals surface area (Å²) in [7, 11) is -3.48. The number of hydrogen-bond acceptors (Lipinski definition) is 4. The van der Waals surface area contributed by atoms with Crippen LogP contribution in [0.2, 0.25) is 0 Å². The first-order chi connectivity index (χ1) is 10.4. The van der Waals surface area contributed by atoms with Gasteiger partial charge in [0.2, 0.25) is 10.0 Å². The molecule has 2 heterocycles. The van der Waals surface area contributed by atoms with E-state index < -0.39 is 10.0 Å². The van der Waals surface area contributed by atoms with Gasteiger partial charge in [0.1, 0.15) is 0 Å². The molecule has 1 aromatic carbocycles. The van der Waals surface area contributed by atoms with E-state index in [1.54, 1.807) is 12.1 Å². The monoisotopic (exact) mass is 324 g/mol. The fourth-order valence-corrected chi connectivity index (χ4v) is 4.55. The van der Waals surface area contributed by atoms with Gasteiger partial charge in [0.15, 0.2) is 0 Å². The van der Waals surface area contributed by atoms with Crippen molar-refractivity contribution in [2.75, 3.05) is 13.1 Å². The van der Waals surface area contributed by atoms with Crippen LogP contribution in [-0.2, 0) is 28.0 Å². The third-order valence-electron chi connectivity index (χ3n) is 4.68. The van der Waals surface area contributed by atoms with E-state index in [0.717, 1.165) is 24.2 Å². The molecular weight excluding hydrogens is 300 g/mol. The fourth-order valence-electron chi connectivity index (χ4n) is 3.16. The lowest BCUT2D eigenvalue weighted by Gasteiger charge is -2.20. The summed E-state index contributed by atoms with van der Waals surface area (Å²) in [6.07, 6.45) is 0. The molecular formula is C16H24N2O3S. The van der Waals surface area contributed by atoms with Gasteiger partial charge < -0.3 is 4.74 Å². The van der Waals surface area contributed by atoms with Crippen LogP contribution in [0.15, 0.2) is 23.1 Å². The van der Waals surface area contributed by atoms with Crippen LogP contribution in [0.25, 0.3) is 0 Å². The maximum absolute atomic E-state index is 12.6. The Morgan fingerprint density at radius 3 is 2.64 bits per heavy atom. The fraction of sp³-hybridized carbons (Fsp3) is 0.625. The molecule has 6 heteroatoms. The van der Waals surface area contributed by atoms with Crippen LogP contribution in [-0.4, -0.2) is 38.5 Å². The van der Waals surface area contributed by atoms with Gasteiger partial charge in [-0.3, -0.25) is 4.90 Å². The van der Waals surface area contributed by atoms with E-state index in [-0.39, 0.29) is 6.04 Å². The quantitative estimate of drug-likeness (QED) is 0.916. The van der Waals surface area contributed by atoms with Gasteiger partial charge in [0.05, 0.1) is 18.1 Å². The molecule has 2 aliphatic rings. The molecule has 22 heavy (non-hydrogen) atoms. The molecule has 2 atom stereocenters. The number of ether oxygens (including phenoxy) is 1. The van der Waals surface area contributed by atoms with Gasteiger partial charge in [-0.15, -0.1) is 0 Å². The van der Waals surface area contributed by atoms with Crippen molar-refractivity contribution in [2.45, 2.75) is 51.0 Å². The number of likely N-dealkylation sites (tertiary alicyclic amines) is 1. The Morgan fingerprint density at radius 1 is 1.23 bits per heavy atom. The van der Waals surface area contributed by atoms with Crippen molar-refractivity contribution in [1.82, 2.24) is 9.62 Å². The zero-order valence-electron chi connectivity index (χ0n) is 13.4. The minimum atomic E-state index is -3.48. The summed E-state index contributed by atoms with van der Waals surface area (Å²) in [5.41, 5.74) is 2.06. The Balaban J connectivity index is 1.76. The summed E-state index contributed by atoms with van der Waals surface area (Å²) in [6, 6.07) is 5.68. The molecule has 1 fully saturated rings. The Labute approximate surface area is 132 Å². The Kier molecular flexibility index (Phi) is 4.29. The van der Waals surface area contributed by atoms with Crippen LogP contribution >= 0.6 is 0 Å². The highest BCUT2D eigenvalue weighted by Crippen LogP contribution is 2.25. The number of benzene rings is 1. The molecule has 3 rings (SSSR count). The van der Waals surface area contributed by atoms with E-state index in [0.29, 0.717) is 30.1 Å². The van der Waals surface area contributed by atoms with Crippen molar-refractivity contribution in [3.8, 4) is 0 Å². The lowest BCUT2D eigenvalue weighted by molar-refractivity contribution is 0.134. The molecule has 0 bridgehead atoms. The number of nitrogens with one attached hydrogen (secondary N) is 1. The van der Waals surface area contributed by atoms with Crippen LogP contribution in [0.4, 0.5) is 0 Å². The highest BCUT2D eigenvalue weighted by Gasteiger charge is 2.34. The van der Waals surface area contributed by atoms with Crippen LogP contribution in [0.5, 0.6) is 0 Å². The third kappa shape index (κ3) is 3.06. The van der Waals surface area contributed by atoms with Gasteiger partial charge in [0.25, 0.3) is 0 Å². The van der Waals surface area contributed by atoms with E-state index in [9.17, 15) is 8.42 Å². The van der Waals surface area contributed by atoms with E-state index in [1.807, 2.05) is 6.07 Å². The molecule has 1 saturated heterocycles. The second-order valence-corrected chi connectivity index (χ2v) is 8.39. The average Bonchev–Trinajstić information content (AvgIpc) is 3.05. The van der Waals surface area contributed by atoms with Gasteiger partial charge in [-0.25, -0.2) is 13.1 Å². The lowest BCUT2D eigenvalue weighted by Crippen LogP contribution is -2.40. The number of hydrogen-bond donors (Lipinski definition) is 1. The number of rotatable bonds is 4. The van der Waals surface area contributed by atoms with Gasteiger partial charge in [-0.1, -0.05) is 13.0 Å². The Hall–Kier alpha value is -0.950. The van der Waals surface area contributed by atoms with Crippen molar-refractivity contribution in [3.63, 3.8) is 0 Å². The van der Waals surface area contributed by atoms with Crippen molar-refractivity contribution in [3.05, 3.63) is 29.3 Å². The molecule has 0 aromatic heterocycles. The normalized spacial score (nSPS) is 25.8. The van der Waals surface area contributed by atoms with Crippen molar-refractivity contribution in [1.29, 1.82) is 0 Å². The predicted molar refractivity (Wildman–Crippen MR) is 84.9 cm³/mol. The minimum Gasteiger partial charge on any atom is -0.372 e. The highest BCUT2D eigenvalue weighted by molar-refractivity contribution is 7.89. The standard InChI is InChI=1S/C16H24N2O3S/c1-11(2)18-7-12(3)16(8-18)17-22(19,20)15-5-4-13-9-21-10-14(13)6-15/h4-6,11-12,16-17H,7-10H2,1-3H3/t12-,16-/m1/s1. The van der Waals surface area contributed by atoms with E-state index in [1.165, 1.54) is 0 Å². The predicted octanol–water partition coefficient (Wildman–Crippen LogP) is 1.72. The van der Waals surface area contributed by atoms with Crippen molar-refractivity contribution in [2.24, 2.45) is 5.92 Å². The average molecular weight is 324 g/mol. The Morgan fingerprint density at radius 2 is 1.95 bits per heavy atom. The van der Waals surface area contributed by atoms with Gasteiger partial charge in [-0.05, 0) is 43.0 Å². The molecule has 1 aromatic rings. The van der Waals surface area contributed by atoms with Crippen molar-refractivity contribution < 1.29 is 13.2 Å². The number of nitrogens with zero attached hydrogens (tertiary/aromatic N) is 1. The minimum absolute atomic E-state index is 0.0306. The molecule has 0 radical (unpaired) electrons. The maximum Gasteiger partial charge on any atom is 0.240 e. The number of sulfonamides is 1. The maximum atomic E-state index is 12.6. The molecule has 0 unspecified atom stereocenters. The molecule has 0 amide bonds. The van der Waals surface area contributed by atoms with E-state index in [4.69, 9.17) is 4.74 Å². The second kappa shape index (κ2) is 5.92. The Bertz CT molecular complexity index is 657. The van der Waals surface area contributed by atoms with Crippen LogP contribution < -0.4 is 4.72 Å². The number of fused-ring (bicyclic) bond motifs is 1. The molecule has 0 aliphatic carbocycles. The molecule has 122 valence electrons. The van der Waals surface area contributed by atoms with Gasteiger partial charge in [-0.2, -0.15) is 0 Å². The molecule has 2 aliphatic heterocycles. The van der Waals surface area contributed by atoms with Crippen LogP contribution in [0.1, 0.15) is 31.9 Å². The summed E-state index contributed by atoms with van der Waals surface area (Å²) in [5.74, 6) is 0.315. The summed E-state index contributed by atoms with van der Waals surface area (Å²) in [5, 5.41) is 0. The summed E-state index contributed by atoms with van der Waals surface area (Å²) in [6.45, 7) is 9.17. The first-order valence-electron chi connectivity index (χ1n) is 7.83. The zero-order chi connectivity index (χ0) is 15.9. The summed E-state index contributed by atoms with van der Waals surface area (Å²) >= 11 is 0. The summed E-state index contributed by atoms with van der Waals surface area (Å²) in [4.78, 5) is 2.65. The SMILES string of the molecule is CC(C)N1C[C@@H](C)[C@H](NS(=O)(=O)c2ccc3c(c2)COC3)C1. The van der Waals surface area contributed by atoms with Crippen LogP contribution in [0, 0.1) is 5.92 Å². The molecule has 5 nitrogen and oxygen atoms in total.